The van der Waals surface area contributed by atoms with Crippen LogP contribution in [-0.4, -0.2) is 66.9 Å². The first-order valence-corrected chi connectivity index (χ1v) is 10.3. The van der Waals surface area contributed by atoms with Gasteiger partial charge in [0.2, 0.25) is 0 Å². The molecule has 160 valence electrons. The number of nitrogens with zero attached hydrogens (tertiary/aromatic N) is 3. The Kier molecular flexibility index (Phi) is 5.86. The number of hydrogen-bond acceptors (Lipinski definition) is 5. The molecular formula is C24H26N4O3. The number of amides is 2. The van der Waals surface area contributed by atoms with Gasteiger partial charge in [-0.05, 0) is 56.9 Å². The van der Waals surface area contributed by atoms with Crippen LogP contribution in [0.4, 0.5) is 5.69 Å². The maximum Gasteiger partial charge on any atom is 0.274 e. The molecule has 1 atom stereocenters. The highest BCUT2D eigenvalue weighted by Crippen LogP contribution is 2.25. The van der Waals surface area contributed by atoms with Gasteiger partial charge in [-0.1, -0.05) is 12.1 Å². The lowest BCUT2D eigenvalue weighted by Gasteiger charge is -2.20. The van der Waals surface area contributed by atoms with Crippen LogP contribution in [-0.2, 0) is 0 Å². The molecule has 0 aliphatic carbocycles. The van der Waals surface area contributed by atoms with Gasteiger partial charge < -0.3 is 19.9 Å². The Morgan fingerprint density at radius 1 is 1.13 bits per heavy atom. The van der Waals surface area contributed by atoms with Crippen LogP contribution >= 0.6 is 0 Å². The summed E-state index contributed by atoms with van der Waals surface area (Å²) in [6.45, 7) is 1.50. The first-order chi connectivity index (χ1) is 15.0. The topological polar surface area (TPSA) is 74.8 Å². The summed E-state index contributed by atoms with van der Waals surface area (Å²) in [5.74, 6) is 0.276. The van der Waals surface area contributed by atoms with Gasteiger partial charge in [0.1, 0.15) is 11.4 Å². The average molecular weight is 418 g/mol. The molecule has 2 aromatic carbocycles. The first kappa shape index (κ1) is 20.8. The van der Waals surface area contributed by atoms with E-state index in [-0.39, 0.29) is 17.5 Å². The summed E-state index contributed by atoms with van der Waals surface area (Å²) >= 11 is 0. The maximum atomic E-state index is 12.8. The van der Waals surface area contributed by atoms with Crippen molar-refractivity contribution in [3.05, 3.63) is 65.9 Å². The Bertz CT molecular complexity index is 1110. The molecule has 0 saturated carbocycles. The second kappa shape index (κ2) is 8.73. The molecule has 1 unspecified atom stereocenters. The summed E-state index contributed by atoms with van der Waals surface area (Å²) in [6, 6.07) is 16.5. The number of methoxy groups -OCH3 is 1. The number of rotatable bonds is 5. The van der Waals surface area contributed by atoms with Crippen LogP contribution < -0.4 is 10.1 Å². The van der Waals surface area contributed by atoms with Gasteiger partial charge in [-0.3, -0.25) is 9.59 Å². The van der Waals surface area contributed by atoms with Crippen molar-refractivity contribution in [2.45, 2.75) is 12.5 Å². The largest absolute Gasteiger partial charge is 0.496 e. The van der Waals surface area contributed by atoms with Gasteiger partial charge in [0.05, 0.1) is 12.6 Å². The quantitative estimate of drug-likeness (QED) is 0.688. The zero-order valence-corrected chi connectivity index (χ0v) is 18.0. The van der Waals surface area contributed by atoms with Crippen molar-refractivity contribution in [2.24, 2.45) is 0 Å². The van der Waals surface area contributed by atoms with E-state index < -0.39 is 0 Å². The SMILES string of the molecule is COc1cc(C(=O)Nc2ccc(C(=O)N3CCC(N(C)C)C3)cc2)nc2ccccc12. The number of pyridine rings is 1. The van der Waals surface area contributed by atoms with Crippen LogP contribution in [0.1, 0.15) is 27.3 Å². The van der Waals surface area contributed by atoms with Gasteiger partial charge in [-0.25, -0.2) is 4.98 Å². The lowest BCUT2D eigenvalue weighted by Crippen LogP contribution is -2.34. The van der Waals surface area contributed by atoms with Crippen LogP contribution in [0.25, 0.3) is 10.9 Å². The molecule has 1 aromatic heterocycles. The number of fused-ring (bicyclic) bond motifs is 1. The standard InChI is InChI=1S/C24H26N4O3/c1-27(2)18-12-13-28(15-18)24(30)16-8-10-17(11-9-16)25-23(29)21-14-22(31-3)19-6-4-5-7-20(19)26-21/h4-11,14,18H,12-13,15H2,1-3H3,(H,25,29). The minimum absolute atomic E-state index is 0.0168. The number of nitrogens with one attached hydrogen (secondary N) is 1. The molecule has 1 N–H and O–H groups in total. The second-order valence-electron chi connectivity index (χ2n) is 7.92. The fraction of sp³-hybridized carbons (Fsp3) is 0.292. The molecule has 31 heavy (non-hydrogen) atoms. The van der Waals surface area contributed by atoms with Crippen molar-refractivity contribution >= 4 is 28.4 Å². The van der Waals surface area contributed by atoms with E-state index in [9.17, 15) is 9.59 Å². The summed E-state index contributed by atoms with van der Waals surface area (Å²) in [5.41, 5.74) is 2.17. The molecule has 7 heteroatoms. The molecule has 2 heterocycles. The van der Waals surface area contributed by atoms with Crippen LogP contribution in [0.3, 0.4) is 0 Å². The van der Waals surface area contributed by atoms with E-state index in [1.807, 2.05) is 43.3 Å². The Morgan fingerprint density at radius 3 is 2.55 bits per heavy atom. The lowest BCUT2D eigenvalue weighted by molar-refractivity contribution is 0.0783. The lowest BCUT2D eigenvalue weighted by atomic mass is 10.1. The van der Waals surface area contributed by atoms with Crippen LogP contribution in [0.5, 0.6) is 5.75 Å². The average Bonchev–Trinajstić information content (AvgIpc) is 3.29. The molecule has 1 aliphatic heterocycles. The monoisotopic (exact) mass is 418 g/mol. The third-order valence-corrected chi connectivity index (χ3v) is 5.70. The van der Waals surface area contributed by atoms with Crippen molar-refractivity contribution < 1.29 is 14.3 Å². The molecule has 1 fully saturated rings. The molecule has 1 aliphatic rings. The number of carbonyl (C=O) groups excluding carboxylic acids is 2. The molecule has 0 bridgehead atoms. The van der Waals surface area contributed by atoms with E-state index in [0.29, 0.717) is 28.6 Å². The van der Waals surface area contributed by atoms with Crippen molar-refractivity contribution in [2.75, 3.05) is 39.6 Å². The van der Waals surface area contributed by atoms with Crippen LogP contribution in [0.2, 0.25) is 0 Å². The molecule has 4 rings (SSSR count). The summed E-state index contributed by atoms with van der Waals surface area (Å²) in [6.07, 6.45) is 0.981. The number of likely N-dealkylation sites (tertiary alicyclic amines) is 1. The minimum Gasteiger partial charge on any atom is -0.496 e. The number of carbonyl (C=O) groups is 2. The summed E-state index contributed by atoms with van der Waals surface area (Å²) in [4.78, 5) is 34.0. The zero-order chi connectivity index (χ0) is 22.0. The van der Waals surface area contributed by atoms with Crippen molar-refractivity contribution in [1.29, 1.82) is 0 Å². The Labute approximate surface area is 181 Å². The van der Waals surface area contributed by atoms with Gasteiger partial charge in [-0.15, -0.1) is 0 Å². The predicted octanol–water partition coefficient (Wildman–Crippen LogP) is 3.27. The van der Waals surface area contributed by atoms with Crippen LogP contribution in [0, 0.1) is 0 Å². The summed E-state index contributed by atoms with van der Waals surface area (Å²) < 4.78 is 5.42. The maximum absolute atomic E-state index is 12.8. The minimum atomic E-state index is -0.337. The summed E-state index contributed by atoms with van der Waals surface area (Å²) in [7, 11) is 5.65. The molecule has 1 saturated heterocycles. The van der Waals surface area contributed by atoms with E-state index in [0.717, 1.165) is 24.9 Å². The van der Waals surface area contributed by atoms with Gasteiger partial charge in [0.25, 0.3) is 11.8 Å². The highest BCUT2D eigenvalue weighted by molar-refractivity contribution is 6.05. The molecule has 2 amide bonds. The van der Waals surface area contributed by atoms with Gasteiger partial charge >= 0.3 is 0 Å². The fourth-order valence-electron chi connectivity index (χ4n) is 3.85. The molecule has 3 aromatic rings. The fourth-order valence-corrected chi connectivity index (χ4v) is 3.85. The number of anilines is 1. The molecular weight excluding hydrogens is 392 g/mol. The number of hydrogen-bond donors (Lipinski definition) is 1. The molecule has 0 radical (unpaired) electrons. The van der Waals surface area contributed by atoms with E-state index in [2.05, 4.69) is 15.2 Å². The van der Waals surface area contributed by atoms with Crippen molar-refractivity contribution in [3.8, 4) is 5.75 Å². The number of ether oxygens (including phenoxy) is 1. The first-order valence-electron chi connectivity index (χ1n) is 10.3. The van der Waals surface area contributed by atoms with E-state index >= 15 is 0 Å². The third-order valence-electron chi connectivity index (χ3n) is 5.70. The number of para-hydroxylation sites is 1. The third kappa shape index (κ3) is 4.36. The zero-order valence-electron chi connectivity index (χ0n) is 18.0. The van der Waals surface area contributed by atoms with E-state index in [1.54, 1.807) is 37.4 Å². The number of aromatic nitrogens is 1. The smallest absolute Gasteiger partial charge is 0.274 e. The van der Waals surface area contributed by atoms with Crippen molar-refractivity contribution in [3.63, 3.8) is 0 Å². The molecule has 7 nitrogen and oxygen atoms in total. The van der Waals surface area contributed by atoms with Gasteiger partial charge in [0.15, 0.2) is 0 Å². The van der Waals surface area contributed by atoms with Gasteiger partial charge in [0, 0.05) is 41.8 Å². The predicted molar refractivity (Wildman–Crippen MR) is 121 cm³/mol. The Balaban J connectivity index is 1.46. The van der Waals surface area contributed by atoms with Crippen LogP contribution in [0.15, 0.2) is 54.6 Å². The highest BCUT2D eigenvalue weighted by Gasteiger charge is 2.28. The number of benzene rings is 2. The number of likely N-dealkylation sites (N-methyl/N-ethyl adjacent to an activating group) is 1. The van der Waals surface area contributed by atoms with E-state index in [1.165, 1.54) is 0 Å². The summed E-state index contributed by atoms with van der Waals surface area (Å²) in [5, 5.41) is 3.69. The van der Waals surface area contributed by atoms with Gasteiger partial charge in [-0.2, -0.15) is 0 Å². The molecule has 0 spiro atoms. The Morgan fingerprint density at radius 2 is 1.87 bits per heavy atom. The van der Waals surface area contributed by atoms with E-state index in [4.69, 9.17) is 4.74 Å². The Hall–Kier alpha value is -3.45. The van der Waals surface area contributed by atoms with Crippen molar-refractivity contribution in [1.82, 2.24) is 14.8 Å². The second-order valence-corrected chi connectivity index (χ2v) is 7.92. The normalized spacial score (nSPS) is 16.0. The highest BCUT2D eigenvalue weighted by atomic mass is 16.5.